The predicted molar refractivity (Wildman–Crippen MR) is 170 cm³/mol. The summed E-state index contributed by atoms with van der Waals surface area (Å²) in [6.45, 7) is 10.1. The molecule has 0 saturated carbocycles. The number of alkyl halides is 1. The minimum atomic E-state index is -0.870. The molecule has 2 aliphatic rings. The van der Waals surface area contributed by atoms with E-state index in [4.69, 9.17) is 38.0 Å². The van der Waals surface area contributed by atoms with Crippen LogP contribution < -0.4 is 23.9 Å². The highest BCUT2D eigenvalue weighted by Crippen LogP contribution is 2.23. The van der Waals surface area contributed by atoms with Crippen molar-refractivity contribution in [2.45, 2.75) is 122 Å². The van der Waals surface area contributed by atoms with Gasteiger partial charge in [0, 0.05) is 51.4 Å². The number of ketones is 2. The van der Waals surface area contributed by atoms with Crippen molar-refractivity contribution in [1.29, 1.82) is 0 Å². The smallest absolute Gasteiger partial charge is 0.303 e. The van der Waals surface area contributed by atoms with E-state index < -0.39 is 11.9 Å². The van der Waals surface area contributed by atoms with Gasteiger partial charge in [0.15, 0.2) is 6.10 Å². The molecule has 0 aromatic carbocycles. The van der Waals surface area contributed by atoms with E-state index >= 15 is 0 Å². The fourth-order valence-corrected chi connectivity index (χ4v) is 4.70. The van der Waals surface area contributed by atoms with Crippen molar-refractivity contribution in [3.8, 4) is 0 Å². The second-order valence-corrected chi connectivity index (χ2v) is 11.6. The summed E-state index contributed by atoms with van der Waals surface area (Å²) < 4.78 is 5.63. The Kier molecular flexibility index (Phi) is 33.8. The Labute approximate surface area is 276 Å². The first-order valence-electron chi connectivity index (χ1n) is 16.1. The lowest BCUT2D eigenvalue weighted by atomic mass is 10.0. The number of quaternary nitrogens is 1. The van der Waals surface area contributed by atoms with Crippen LogP contribution in [0.2, 0.25) is 0 Å². The number of hydrogen-bond acceptors (Lipinski definition) is 8. The number of ether oxygens (including phenoxy) is 1. The van der Waals surface area contributed by atoms with E-state index in [1.54, 1.807) is 0 Å². The van der Waals surface area contributed by atoms with Gasteiger partial charge in [-0.1, -0.05) is 20.3 Å². The molecular weight excluding hydrogens is 613 g/mol. The number of carboxylic acids is 2. The van der Waals surface area contributed by atoms with E-state index in [-0.39, 0.29) is 31.4 Å². The standard InChI is InChI=1S/C17H32NO3.C6H10O4.C5H14N2.C3H5ClO.ClH/c1-3-7-15(19)9-5-11-18(13-17(21)14-18)12-6-10-16(20)8-4-2;7-5(8)3-1-2-4-6(9)10;6-4-2-1-3-5-7;4-1-3-2-5-3;/h17,21H,3-14H2,1-2H3;1-4H2,(H,7,8)(H,9,10);1-7H2;3H,1-2H2;1H/q+1;;;;/p-1. The molecule has 2 heterocycles. The van der Waals surface area contributed by atoms with Crippen LogP contribution in [0.25, 0.3) is 0 Å². The van der Waals surface area contributed by atoms with Gasteiger partial charge in [-0.3, -0.25) is 19.2 Å². The summed E-state index contributed by atoms with van der Waals surface area (Å²) in [5.74, 6) is -0.361. The summed E-state index contributed by atoms with van der Waals surface area (Å²) in [6.07, 6.45) is 11.0. The molecule has 0 bridgehead atoms. The third kappa shape index (κ3) is 32.1. The number of aliphatic carboxylic acids is 2. The van der Waals surface area contributed by atoms with E-state index in [2.05, 4.69) is 0 Å². The number of aliphatic hydroxyl groups excluding tert-OH is 1. The molecule has 0 radical (unpaired) electrons. The maximum atomic E-state index is 11.6. The molecule has 1 unspecified atom stereocenters. The first-order valence-corrected chi connectivity index (χ1v) is 16.6. The molecule has 2 saturated heterocycles. The van der Waals surface area contributed by atoms with Crippen LogP contribution in [0, 0.1) is 0 Å². The van der Waals surface area contributed by atoms with Gasteiger partial charge in [0.1, 0.15) is 24.7 Å². The summed E-state index contributed by atoms with van der Waals surface area (Å²) in [4.78, 5) is 42.9. The van der Waals surface area contributed by atoms with E-state index in [9.17, 15) is 24.3 Å². The fourth-order valence-electron chi connectivity index (χ4n) is 4.52. The number of Topliss-reactive ketones (excluding diaryl/α,β-unsaturated/α-hetero) is 2. The number of carboxylic acid groups (broad SMARTS) is 2. The summed E-state index contributed by atoms with van der Waals surface area (Å²) in [5, 5.41) is 25.9. The Bertz CT molecular complexity index is 691. The molecule has 2 fully saturated rings. The van der Waals surface area contributed by atoms with Gasteiger partial charge in [-0.25, -0.2) is 0 Å². The van der Waals surface area contributed by atoms with Crippen LogP contribution in [0.1, 0.15) is 110 Å². The average molecular weight is 675 g/mol. The van der Waals surface area contributed by atoms with Gasteiger partial charge in [0.05, 0.1) is 31.7 Å². The summed E-state index contributed by atoms with van der Waals surface area (Å²) in [6, 6.07) is 0. The van der Waals surface area contributed by atoms with Gasteiger partial charge in [0.2, 0.25) is 0 Å². The molecule has 13 heteroatoms. The number of carbonyl (C=O) groups is 4. The molecule has 7 N–H and O–H groups in total. The zero-order chi connectivity index (χ0) is 32.9. The number of halogens is 2. The van der Waals surface area contributed by atoms with Crippen molar-refractivity contribution >= 4 is 35.1 Å². The average Bonchev–Trinajstić information content (AvgIpc) is 3.77. The summed E-state index contributed by atoms with van der Waals surface area (Å²) >= 11 is 5.27. The third-order valence-electron chi connectivity index (χ3n) is 6.94. The molecule has 0 spiro atoms. The van der Waals surface area contributed by atoms with Crippen molar-refractivity contribution in [3.63, 3.8) is 0 Å². The highest BCUT2D eigenvalue weighted by Gasteiger charge is 2.42. The highest BCUT2D eigenvalue weighted by molar-refractivity contribution is 6.18. The van der Waals surface area contributed by atoms with E-state index in [1.165, 1.54) is 6.42 Å². The minimum Gasteiger partial charge on any atom is -1.00 e. The number of hydrogen-bond donors (Lipinski definition) is 5. The third-order valence-corrected chi connectivity index (χ3v) is 7.29. The van der Waals surface area contributed by atoms with Crippen LogP contribution in [0.4, 0.5) is 0 Å². The van der Waals surface area contributed by atoms with Gasteiger partial charge < -0.3 is 48.4 Å². The van der Waals surface area contributed by atoms with Crippen molar-refractivity contribution in [2.24, 2.45) is 11.5 Å². The Morgan fingerprint density at radius 1 is 0.727 bits per heavy atom. The van der Waals surface area contributed by atoms with Gasteiger partial charge >= 0.3 is 11.9 Å². The van der Waals surface area contributed by atoms with Crippen LogP contribution >= 0.6 is 11.6 Å². The summed E-state index contributed by atoms with van der Waals surface area (Å²) in [5.41, 5.74) is 10.5. The number of nitrogens with zero attached hydrogens (tertiary/aromatic N) is 1. The number of likely N-dealkylation sites (tertiary alicyclic amines) is 1. The monoisotopic (exact) mass is 673 g/mol. The first kappa shape index (κ1) is 47.1. The molecule has 262 valence electrons. The minimum absolute atomic E-state index is 0. The van der Waals surface area contributed by atoms with Crippen LogP contribution in [-0.2, 0) is 23.9 Å². The molecule has 0 amide bonds. The van der Waals surface area contributed by atoms with Gasteiger partial charge in [0.25, 0.3) is 0 Å². The van der Waals surface area contributed by atoms with Gasteiger partial charge in [-0.05, 0) is 51.6 Å². The largest absolute Gasteiger partial charge is 1.00 e. The Morgan fingerprint density at radius 3 is 1.39 bits per heavy atom. The number of unbranched alkanes of at least 4 members (excludes halogenated alkanes) is 3. The molecule has 0 aromatic heterocycles. The quantitative estimate of drug-likeness (QED) is 0.0477. The number of nitrogens with two attached hydrogens (primary N) is 2. The normalized spacial score (nSPS) is 15.8. The Balaban J connectivity index is -0.000000602. The lowest BCUT2D eigenvalue weighted by Crippen LogP contribution is -3.00. The molecule has 11 nitrogen and oxygen atoms in total. The fraction of sp³-hybridized carbons (Fsp3) is 0.871. The maximum Gasteiger partial charge on any atom is 0.303 e. The van der Waals surface area contributed by atoms with Crippen molar-refractivity contribution in [3.05, 3.63) is 0 Å². The van der Waals surface area contributed by atoms with Crippen molar-refractivity contribution < 1.29 is 56.1 Å². The molecule has 2 rings (SSSR count). The number of epoxide rings is 1. The molecule has 0 aromatic rings. The van der Waals surface area contributed by atoms with E-state index in [1.807, 2.05) is 13.8 Å². The van der Waals surface area contributed by atoms with Crippen LogP contribution in [-0.4, -0.2) is 107 Å². The lowest BCUT2D eigenvalue weighted by Gasteiger charge is -2.48. The van der Waals surface area contributed by atoms with Gasteiger partial charge in [-0.15, -0.1) is 11.6 Å². The molecule has 44 heavy (non-hydrogen) atoms. The van der Waals surface area contributed by atoms with Crippen molar-refractivity contribution in [2.75, 3.05) is 51.8 Å². The molecule has 2 aliphatic heterocycles. The van der Waals surface area contributed by atoms with E-state index in [0.717, 1.165) is 88.9 Å². The van der Waals surface area contributed by atoms with Crippen molar-refractivity contribution in [1.82, 2.24) is 0 Å². The second kappa shape index (κ2) is 31.6. The lowest BCUT2D eigenvalue weighted by molar-refractivity contribution is -0.972. The highest BCUT2D eigenvalue weighted by atomic mass is 35.5. The summed E-state index contributed by atoms with van der Waals surface area (Å²) in [7, 11) is 0. The van der Waals surface area contributed by atoms with Crippen LogP contribution in [0.15, 0.2) is 0 Å². The maximum absolute atomic E-state index is 11.6. The van der Waals surface area contributed by atoms with Crippen LogP contribution in [0.5, 0.6) is 0 Å². The van der Waals surface area contributed by atoms with E-state index in [0.29, 0.717) is 62.1 Å². The zero-order valence-electron chi connectivity index (χ0n) is 27.2. The SMILES string of the molecule is CCCC(=O)CCC[N+]1(CCCC(=O)CCC)CC(O)C1.ClCC1CO1.NCCCCCN.O=C(O)CCCCC(=O)O.[Cl-]. The van der Waals surface area contributed by atoms with Gasteiger partial charge in [-0.2, -0.15) is 0 Å². The Hall–Kier alpha value is -1.34. The van der Waals surface area contributed by atoms with Crippen LogP contribution in [0.3, 0.4) is 0 Å². The molecular formula is C31H61Cl2N3O8. The number of rotatable bonds is 22. The number of carbonyl (C=O) groups excluding carboxylic acids is 2. The number of aliphatic hydroxyl groups is 1. The zero-order valence-corrected chi connectivity index (χ0v) is 28.7. The Morgan fingerprint density at radius 2 is 1.14 bits per heavy atom. The molecule has 1 atom stereocenters. The first-order chi connectivity index (χ1) is 20.5. The molecule has 0 aliphatic carbocycles. The topological polar surface area (TPSA) is 194 Å². The predicted octanol–water partition coefficient (Wildman–Crippen LogP) is 0.895. The second-order valence-electron chi connectivity index (χ2n) is 11.3.